The number of rotatable bonds is 5. The van der Waals surface area contributed by atoms with Crippen LogP contribution in [-0.4, -0.2) is 49.9 Å². The van der Waals surface area contributed by atoms with Crippen LogP contribution in [0.3, 0.4) is 0 Å². The summed E-state index contributed by atoms with van der Waals surface area (Å²) in [5, 5.41) is 14.7. The number of nitrogens with one attached hydrogen (secondary N) is 2. The second-order valence-electron chi connectivity index (χ2n) is 7.88. The van der Waals surface area contributed by atoms with Crippen molar-refractivity contribution in [3.63, 3.8) is 0 Å². The number of aryl methyl sites for hydroxylation is 2. The molecule has 2 aromatic heterocycles. The number of aromatic amines is 1. The predicted molar refractivity (Wildman–Crippen MR) is 113 cm³/mol. The molecule has 1 aliphatic rings. The van der Waals surface area contributed by atoms with E-state index in [1.54, 1.807) is 6.07 Å². The number of aromatic nitrogens is 4. The number of nitrogens with zero attached hydrogens (tertiary/aromatic N) is 4. The number of hydrogen-bond donors (Lipinski definition) is 2. The maximum absolute atomic E-state index is 12.6. The minimum atomic E-state index is -0.132. The molecule has 3 aromatic rings. The van der Waals surface area contributed by atoms with E-state index in [9.17, 15) is 4.79 Å². The summed E-state index contributed by atoms with van der Waals surface area (Å²) in [7, 11) is 1.91. The summed E-state index contributed by atoms with van der Waals surface area (Å²) in [6.07, 6.45) is 1.06. The van der Waals surface area contributed by atoms with Crippen LogP contribution in [-0.2, 0) is 20.0 Å². The molecule has 0 bridgehead atoms. The molecule has 0 spiro atoms. The Morgan fingerprint density at radius 2 is 2.03 bits per heavy atom. The van der Waals surface area contributed by atoms with Crippen LogP contribution in [0.4, 0.5) is 0 Å². The Balaban J connectivity index is 1.37. The Morgan fingerprint density at radius 1 is 1.28 bits per heavy atom. The highest BCUT2D eigenvalue weighted by Crippen LogP contribution is 2.25. The van der Waals surface area contributed by atoms with Crippen LogP contribution >= 0.6 is 0 Å². The highest BCUT2D eigenvalue weighted by molar-refractivity contribution is 5.93. The van der Waals surface area contributed by atoms with Crippen molar-refractivity contribution in [1.82, 2.24) is 30.2 Å². The topological polar surface area (TPSA) is 78.8 Å². The fourth-order valence-electron chi connectivity index (χ4n) is 4.07. The maximum atomic E-state index is 12.6. The third-order valence-electron chi connectivity index (χ3n) is 5.93. The summed E-state index contributed by atoms with van der Waals surface area (Å²) >= 11 is 0. The average Bonchev–Trinajstić information content (AvgIpc) is 3.29. The molecule has 1 atom stereocenters. The first-order valence-corrected chi connectivity index (χ1v) is 10.1. The number of carbonyl (C=O) groups excluding carboxylic acids is 1. The van der Waals surface area contributed by atoms with Crippen LogP contribution < -0.4 is 5.32 Å². The van der Waals surface area contributed by atoms with Crippen LogP contribution in [0.1, 0.15) is 39.9 Å². The highest BCUT2D eigenvalue weighted by atomic mass is 16.1. The van der Waals surface area contributed by atoms with Gasteiger partial charge in [-0.1, -0.05) is 24.3 Å². The van der Waals surface area contributed by atoms with Gasteiger partial charge >= 0.3 is 0 Å². The van der Waals surface area contributed by atoms with Gasteiger partial charge in [-0.2, -0.15) is 10.2 Å². The molecule has 1 aliphatic heterocycles. The first-order chi connectivity index (χ1) is 13.9. The van der Waals surface area contributed by atoms with Gasteiger partial charge in [-0.05, 0) is 44.4 Å². The van der Waals surface area contributed by atoms with Crippen molar-refractivity contribution in [2.45, 2.75) is 39.8 Å². The summed E-state index contributed by atoms with van der Waals surface area (Å²) in [4.78, 5) is 15.0. The van der Waals surface area contributed by atoms with E-state index in [0.29, 0.717) is 12.2 Å². The monoisotopic (exact) mass is 392 g/mol. The first-order valence-electron chi connectivity index (χ1n) is 10.1. The van der Waals surface area contributed by atoms with Crippen molar-refractivity contribution in [2.24, 2.45) is 7.05 Å². The molecule has 2 N–H and O–H groups in total. The van der Waals surface area contributed by atoms with Gasteiger partial charge in [-0.25, -0.2) is 0 Å². The van der Waals surface area contributed by atoms with Crippen LogP contribution in [0.25, 0.3) is 11.3 Å². The molecule has 1 aromatic carbocycles. The van der Waals surface area contributed by atoms with Crippen LogP contribution in [0.2, 0.25) is 0 Å². The van der Waals surface area contributed by atoms with Crippen LogP contribution in [0.15, 0.2) is 30.3 Å². The van der Waals surface area contributed by atoms with E-state index in [4.69, 9.17) is 0 Å². The lowest BCUT2D eigenvalue weighted by molar-refractivity contribution is 0.0927. The lowest BCUT2D eigenvalue weighted by Gasteiger charge is -2.33. The van der Waals surface area contributed by atoms with Crippen molar-refractivity contribution in [1.29, 1.82) is 0 Å². The van der Waals surface area contributed by atoms with Gasteiger partial charge in [0.25, 0.3) is 5.91 Å². The fourth-order valence-corrected chi connectivity index (χ4v) is 4.07. The first kappa shape index (κ1) is 19.4. The zero-order chi connectivity index (χ0) is 20.5. The molecule has 1 amide bonds. The van der Waals surface area contributed by atoms with Gasteiger partial charge in [0.1, 0.15) is 5.69 Å². The quantitative estimate of drug-likeness (QED) is 0.700. The number of fused-ring (bicyclic) bond motifs is 1. The van der Waals surface area contributed by atoms with Gasteiger partial charge in [-0.15, -0.1) is 0 Å². The van der Waals surface area contributed by atoms with Gasteiger partial charge < -0.3 is 5.32 Å². The minimum Gasteiger partial charge on any atom is -0.349 e. The van der Waals surface area contributed by atoms with Crippen LogP contribution in [0, 0.1) is 13.8 Å². The number of H-pyrrole nitrogens is 1. The lowest BCUT2D eigenvalue weighted by atomic mass is 9.99. The van der Waals surface area contributed by atoms with Gasteiger partial charge in [0.15, 0.2) is 0 Å². The summed E-state index contributed by atoms with van der Waals surface area (Å²) in [6, 6.07) is 10.7. The van der Waals surface area contributed by atoms with Crippen molar-refractivity contribution in [3.8, 4) is 11.3 Å². The molecule has 0 aliphatic carbocycles. The molecule has 29 heavy (non-hydrogen) atoms. The molecule has 0 saturated heterocycles. The van der Waals surface area contributed by atoms with Crippen molar-refractivity contribution in [3.05, 3.63) is 58.5 Å². The molecule has 0 fully saturated rings. The zero-order valence-corrected chi connectivity index (χ0v) is 17.5. The second-order valence-corrected chi connectivity index (χ2v) is 7.88. The van der Waals surface area contributed by atoms with Gasteiger partial charge in [-0.3, -0.25) is 19.5 Å². The highest BCUT2D eigenvalue weighted by Gasteiger charge is 2.22. The van der Waals surface area contributed by atoms with Gasteiger partial charge in [0, 0.05) is 44.0 Å². The Labute approximate surface area is 171 Å². The van der Waals surface area contributed by atoms with E-state index in [2.05, 4.69) is 56.7 Å². The van der Waals surface area contributed by atoms with Crippen molar-refractivity contribution >= 4 is 5.91 Å². The van der Waals surface area contributed by atoms with E-state index in [1.165, 1.54) is 11.1 Å². The summed E-state index contributed by atoms with van der Waals surface area (Å²) < 4.78 is 1.83. The molecule has 0 saturated carbocycles. The lowest BCUT2D eigenvalue weighted by Crippen LogP contribution is -2.44. The average molecular weight is 393 g/mol. The largest absolute Gasteiger partial charge is 0.349 e. The smallest absolute Gasteiger partial charge is 0.269 e. The third kappa shape index (κ3) is 3.82. The van der Waals surface area contributed by atoms with E-state index in [-0.39, 0.29) is 11.9 Å². The Hall–Kier alpha value is -2.93. The number of amides is 1. The predicted octanol–water partition coefficient (Wildman–Crippen LogP) is 2.60. The fraction of sp³-hybridized carbons (Fsp3) is 0.409. The standard InChI is InChI=1S/C22H28N6O/c1-14(28-10-9-17-7-5-6-8-18(17)13-28)12-23-22(29)20-11-19(24-25-20)21-15(2)26-27(4)16(21)3/h5-8,11,14H,9-10,12-13H2,1-4H3,(H,23,29)(H,24,25). The number of benzene rings is 1. The summed E-state index contributed by atoms with van der Waals surface area (Å²) in [6.45, 7) is 8.66. The zero-order valence-electron chi connectivity index (χ0n) is 17.5. The van der Waals surface area contributed by atoms with Crippen LogP contribution in [0.5, 0.6) is 0 Å². The molecule has 7 nitrogen and oxygen atoms in total. The van der Waals surface area contributed by atoms with E-state index in [1.807, 2.05) is 25.6 Å². The number of carbonyl (C=O) groups is 1. The normalized spacial score (nSPS) is 15.2. The summed E-state index contributed by atoms with van der Waals surface area (Å²) in [5.41, 5.74) is 6.95. The molecule has 152 valence electrons. The molecular weight excluding hydrogens is 364 g/mol. The van der Waals surface area contributed by atoms with E-state index < -0.39 is 0 Å². The molecule has 7 heteroatoms. The van der Waals surface area contributed by atoms with Crippen molar-refractivity contribution < 1.29 is 4.79 Å². The maximum Gasteiger partial charge on any atom is 0.269 e. The molecular formula is C22H28N6O. The second kappa shape index (κ2) is 7.83. The molecule has 3 heterocycles. The van der Waals surface area contributed by atoms with Gasteiger partial charge in [0.05, 0.1) is 11.4 Å². The number of hydrogen-bond acceptors (Lipinski definition) is 4. The van der Waals surface area contributed by atoms with Crippen molar-refractivity contribution in [2.75, 3.05) is 13.1 Å². The van der Waals surface area contributed by atoms with E-state index in [0.717, 1.165) is 42.2 Å². The molecule has 4 rings (SSSR count). The van der Waals surface area contributed by atoms with E-state index >= 15 is 0 Å². The molecule has 1 unspecified atom stereocenters. The Kier molecular flexibility index (Phi) is 5.24. The molecule has 0 radical (unpaired) electrons. The SMILES string of the molecule is Cc1nn(C)c(C)c1-c1cc(C(=O)NCC(C)N2CCc3ccccc3C2)[nH]n1. The summed E-state index contributed by atoms with van der Waals surface area (Å²) in [5.74, 6) is -0.132. The minimum absolute atomic E-state index is 0.132. The Morgan fingerprint density at radius 3 is 2.76 bits per heavy atom. The van der Waals surface area contributed by atoms with Gasteiger partial charge in [0.2, 0.25) is 0 Å². The Bertz CT molecular complexity index is 1030. The third-order valence-corrected chi connectivity index (χ3v) is 5.93.